The van der Waals surface area contributed by atoms with E-state index in [1.54, 1.807) is 31.8 Å². The van der Waals surface area contributed by atoms with Crippen LogP contribution in [0.2, 0.25) is 0 Å². The standard InChI is InChI=1S/C22H19N5O2S/c1-29-19-7-6-17(24-13-19)4-5-18-15-30-22(25-18)26-21(28)20-3-2-12-27(20)14-16-8-10-23-11-9-16/h2-13,15H,14H2,1H3,(H,25,26,28)/b5-4+. The Labute approximate surface area is 177 Å². The molecule has 4 heterocycles. The van der Waals surface area contributed by atoms with Gasteiger partial charge in [0.1, 0.15) is 11.4 Å². The number of methoxy groups -OCH3 is 1. The highest BCUT2D eigenvalue weighted by atomic mass is 32.1. The van der Waals surface area contributed by atoms with E-state index in [0.29, 0.717) is 23.1 Å². The van der Waals surface area contributed by atoms with Crippen molar-refractivity contribution in [2.45, 2.75) is 6.54 Å². The number of aromatic nitrogens is 4. The third kappa shape index (κ3) is 4.79. The van der Waals surface area contributed by atoms with E-state index in [-0.39, 0.29) is 5.91 Å². The number of anilines is 1. The van der Waals surface area contributed by atoms with Crippen LogP contribution >= 0.6 is 11.3 Å². The molecule has 0 aliphatic heterocycles. The Hall–Kier alpha value is -3.78. The van der Waals surface area contributed by atoms with Crippen molar-refractivity contribution >= 4 is 34.5 Å². The summed E-state index contributed by atoms with van der Waals surface area (Å²) >= 11 is 1.37. The lowest BCUT2D eigenvalue weighted by molar-refractivity contribution is 0.101. The number of nitrogens with zero attached hydrogens (tertiary/aromatic N) is 4. The second-order valence-electron chi connectivity index (χ2n) is 6.36. The molecule has 4 rings (SSSR count). The summed E-state index contributed by atoms with van der Waals surface area (Å²) in [5.74, 6) is 0.509. The smallest absolute Gasteiger partial charge is 0.274 e. The first-order valence-electron chi connectivity index (χ1n) is 9.20. The van der Waals surface area contributed by atoms with Crippen LogP contribution in [0.5, 0.6) is 5.75 Å². The van der Waals surface area contributed by atoms with Gasteiger partial charge in [0.2, 0.25) is 0 Å². The molecule has 7 nitrogen and oxygen atoms in total. The van der Waals surface area contributed by atoms with Crippen molar-refractivity contribution < 1.29 is 9.53 Å². The van der Waals surface area contributed by atoms with Gasteiger partial charge in [0.05, 0.1) is 24.7 Å². The largest absolute Gasteiger partial charge is 0.495 e. The van der Waals surface area contributed by atoms with E-state index in [9.17, 15) is 4.79 Å². The van der Waals surface area contributed by atoms with Gasteiger partial charge in [-0.05, 0) is 54.1 Å². The number of carbonyl (C=O) groups is 1. The minimum absolute atomic E-state index is 0.198. The number of nitrogens with one attached hydrogen (secondary N) is 1. The van der Waals surface area contributed by atoms with Gasteiger partial charge in [-0.1, -0.05) is 0 Å². The van der Waals surface area contributed by atoms with Crippen LogP contribution in [-0.2, 0) is 6.54 Å². The zero-order chi connectivity index (χ0) is 20.8. The van der Waals surface area contributed by atoms with Gasteiger partial charge in [0, 0.05) is 30.5 Å². The lowest BCUT2D eigenvalue weighted by Crippen LogP contribution is -2.17. The molecular weight excluding hydrogens is 398 g/mol. The molecule has 0 atom stereocenters. The zero-order valence-corrected chi connectivity index (χ0v) is 17.0. The van der Waals surface area contributed by atoms with E-state index in [1.807, 2.05) is 58.6 Å². The van der Waals surface area contributed by atoms with Gasteiger partial charge in [-0.2, -0.15) is 0 Å². The Morgan fingerprint density at radius 1 is 1.17 bits per heavy atom. The van der Waals surface area contributed by atoms with Gasteiger partial charge in [-0.25, -0.2) is 4.98 Å². The molecule has 0 aliphatic carbocycles. The van der Waals surface area contributed by atoms with Gasteiger partial charge in [0.25, 0.3) is 5.91 Å². The summed E-state index contributed by atoms with van der Waals surface area (Å²) in [5.41, 5.74) is 3.19. The highest BCUT2D eigenvalue weighted by molar-refractivity contribution is 7.14. The fourth-order valence-electron chi connectivity index (χ4n) is 2.81. The first kappa shape index (κ1) is 19.5. The minimum atomic E-state index is -0.198. The molecule has 0 aromatic carbocycles. The SMILES string of the molecule is COc1ccc(/C=C/c2csc(NC(=O)c3cccn3Cc3ccncc3)n2)nc1. The second-order valence-corrected chi connectivity index (χ2v) is 7.22. The average Bonchev–Trinajstić information content (AvgIpc) is 3.43. The molecule has 8 heteroatoms. The Morgan fingerprint density at radius 2 is 2.00 bits per heavy atom. The molecule has 1 N–H and O–H groups in total. The molecule has 150 valence electrons. The van der Waals surface area contributed by atoms with Crippen LogP contribution in [0, 0.1) is 0 Å². The molecule has 0 saturated heterocycles. The Morgan fingerprint density at radius 3 is 2.77 bits per heavy atom. The molecule has 1 amide bonds. The van der Waals surface area contributed by atoms with Crippen LogP contribution in [0.25, 0.3) is 12.2 Å². The molecule has 4 aromatic rings. The van der Waals surface area contributed by atoms with Crippen molar-refractivity contribution in [3.63, 3.8) is 0 Å². The summed E-state index contributed by atoms with van der Waals surface area (Å²) in [4.78, 5) is 25.5. The summed E-state index contributed by atoms with van der Waals surface area (Å²) < 4.78 is 7.00. The highest BCUT2D eigenvalue weighted by Crippen LogP contribution is 2.19. The summed E-state index contributed by atoms with van der Waals surface area (Å²) in [7, 11) is 1.60. The Kier molecular flexibility index (Phi) is 5.95. The lowest BCUT2D eigenvalue weighted by Gasteiger charge is -2.08. The molecule has 4 aromatic heterocycles. The number of hydrogen-bond acceptors (Lipinski definition) is 6. The van der Waals surface area contributed by atoms with Crippen molar-refractivity contribution in [1.82, 2.24) is 19.5 Å². The Balaban J connectivity index is 1.41. The maximum atomic E-state index is 12.7. The molecule has 0 saturated carbocycles. The maximum absolute atomic E-state index is 12.7. The fraction of sp³-hybridized carbons (Fsp3) is 0.0909. The molecular formula is C22H19N5O2S. The average molecular weight is 417 g/mol. The second kappa shape index (κ2) is 9.15. The zero-order valence-electron chi connectivity index (χ0n) is 16.2. The Bertz CT molecular complexity index is 1150. The van der Waals surface area contributed by atoms with Crippen LogP contribution in [0.4, 0.5) is 5.13 Å². The van der Waals surface area contributed by atoms with Crippen LogP contribution in [0.1, 0.15) is 27.4 Å². The van der Waals surface area contributed by atoms with E-state index in [0.717, 1.165) is 17.0 Å². The monoisotopic (exact) mass is 417 g/mol. The fourth-order valence-corrected chi connectivity index (χ4v) is 3.48. The van der Waals surface area contributed by atoms with Gasteiger partial charge >= 0.3 is 0 Å². The first-order valence-corrected chi connectivity index (χ1v) is 10.1. The van der Waals surface area contributed by atoms with Gasteiger partial charge in [-0.3, -0.25) is 20.1 Å². The molecule has 0 aliphatic rings. The highest BCUT2D eigenvalue weighted by Gasteiger charge is 2.13. The van der Waals surface area contributed by atoms with E-state index in [1.165, 1.54) is 11.3 Å². The number of ether oxygens (including phenoxy) is 1. The van der Waals surface area contributed by atoms with Crippen molar-refractivity contribution in [3.05, 3.63) is 89.2 Å². The predicted octanol–water partition coefficient (Wildman–Crippen LogP) is 4.21. The number of hydrogen-bond donors (Lipinski definition) is 1. The van der Waals surface area contributed by atoms with Crippen LogP contribution in [0.3, 0.4) is 0 Å². The van der Waals surface area contributed by atoms with Gasteiger partial charge < -0.3 is 9.30 Å². The topological polar surface area (TPSA) is 81.9 Å². The van der Waals surface area contributed by atoms with Crippen molar-refractivity contribution in [1.29, 1.82) is 0 Å². The minimum Gasteiger partial charge on any atom is -0.495 e. The van der Waals surface area contributed by atoms with Crippen molar-refractivity contribution in [2.75, 3.05) is 12.4 Å². The molecule has 0 fully saturated rings. The van der Waals surface area contributed by atoms with Crippen molar-refractivity contribution in [2.24, 2.45) is 0 Å². The lowest BCUT2D eigenvalue weighted by atomic mass is 10.2. The van der Waals surface area contributed by atoms with Crippen molar-refractivity contribution in [3.8, 4) is 5.75 Å². The van der Waals surface area contributed by atoms with E-state index in [4.69, 9.17) is 4.74 Å². The summed E-state index contributed by atoms with van der Waals surface area (Å²) in [6, 6.07) is 11.2. The molecule has 0 unspecified atom stereocenters. The van der Waals surface area contributed by atoms with E-state index < -0.39 is 0 Å². The first-order chi connectivity index (χ1) is 14.7. The summed E-state index contributed by atoms with van der Waals surface area (Å²) in [5, 5.41) is 5.29. The maximum Gasteiger partial charge on any atom is 0.274 e. The molecule has 30 heavy (non-hydrogen) atoms. The van der Waals surface area contributed by atoms with Crippen LogP contribution < -0.4 is 10.1 Å². The van der Waals surface area contributed by atoms with Gasteiger partial charge in [-0.15, -0.1) is 11.3 Å². The quantitative estimate of drug-likeness (QED) is 0.487. The summed E-state index contributed by atoms with van der Waals surface area (Å²) in [6.45, 7) is 0.596. The third-order valence-electron chi connectivity index (χ3n) is 4.33. The van der Waals surface area contributed by atoms with E-state index >= 15 is 0 Å². The summed E-state index contributed by atoms with van der Waals surface area (Å²) in [6.07, 6.45) is 10.7. The van der Waals surface area contributed by atoms with Crippen LogP contribution in [0.15, 0.2) is 66.6 Å². The normalized spacial score (nSPS) is 11.0. The molecule has 0 bridgehead atoms. The third-order valence-corrected chi connectivity index (χ3v) is 5.10. The number of thiazole rings is 1. The predicted molar refractivity (Wildman–Crippen MR) is 118 cm³/mol. The number of carbonyl (C=O) groups excluding carboxylic acids is 1. The van der Waals surface area contributed by atoms with Crippen LogP contribution in [-0.4, -0.2) is 32.5 Å². The molecule has 0 spiro atoms. The number of pyridine rings is 2. The number of amides is 1. The number of rotatable bonds is 7. The molecule has 0 radical (unpaired) electrons. The van der Waals surface area contributed by atoms with E-state index in [2.05, 4.69) is 20.3 Å². The van der Waals surface area contributed by atoms with Gasteiger partial charge in [0.15, 0.2) is 5.13 Å².